The van der Waals surface area contributed by atoms with Crippen LogP contribution in [0.2, 0.25) is 0 Å². The van der Waals surface area contributed by atoms with Crippen molar-refractivity contribution in [2.75, 3.05) is 11.3 Å². The molecule has 1 heterocycles. The fourth-order valence-corrected chi connectivity index (χ4v) is 3.26. The van der Waals surface area contributed by atoms with E-state index in [9.17, 15) is 31.2 Å². The molecule has 1 amide bonds. The van der Waals surface area contributed by atoms with Gasteiger partial charge in [0, 0.05) is 18.5 Å². The van der Waals surface area contributed by atoms with Crippen LogP contribution in [0.15, 0.2) is 24.3 Å². The summed E-state index contributed by atoms with van der Waals surface area (Å²) in [6.45, 7) is 3.61. The van der Waals surface area contributed by atoms with Crippen LogP contribution in [-0.2, 0) is 26.2 Å². The number of carbonyl (C=O) groups is 2. The summed E-state index contributed by atoms with van der Waals surface area (Å²) >= 11 is 0. The van der Waals surface area contributed by atoms with Crippen molar-refractivity contribution in [2.45, 2.75) is 38.7 Å². The first-order valence-corrected chi connectivity index (χ1v) is 9.40. The highest BCUT2D eigenvalue weighted by Gasteiger charge is 2.46. The molecule has 0 radical (unpaired) electrons. The lowest BCUT2D eigenvalue weighted by Gasteiger charge is -2.37. The SMILES string of the molecule is CCC1(C)CCN(Cc2ccccc2NS(=O)(=O)C(F)(F)F)C(=O)C1=O. The minimum Gasteiger partial charge on any atom is -0.332 e. The van der Waals surface area contributed by atoms with E-state index in [0.29, 0.717) is 12.8 Å². The average Bonchev–Trinajstić information content (AvgIpc) is 2.56. The number of para-hydroxylation sites is 1. The molecule has 10 heteroatoms. The van der Waals surface area contributed by atoms with Gasteiger partial charge in [0.2, 0.25) is 5.78 Å². The third kappa shape index (κ3) is 3.84. The second-order valence-corrected chi connectivity index (χ2v) is 8.10. The number of hydrogen-bond acceptors (Lipinski definition) is 4. The Morgan fingerprint density at radius 1 is 1.23 bits per heavy atom. The first-order chi connectivity index (χ1) is 11.9. The van der Waals surface area contributed by atoms with Gasteiger partial charge in [0.1, 0.15) is 0 Å². The summed E-state index contributed by atoms with van der Waals surface area (Å²) in [5.74, 6) is -1.26. The molecular weight excluding hydrogens is 373 g/mol. The Bertz CT molecular complexity index is 823. The molecule has 1 aromatic carbocycles. The molecule has 1 unspecified atom stereocenters. The first-order valence-electron chi connectivity index (χ1n) is 7.92. The number of hydrogen-bond donors (Lipinski definition) is 1. The number of benzene rings is 1. The number of nitrogens with zero attached hydrogens (tertiary/aromatic N) is 1. The first kappa shape index (κ1) is 20.2. The average molecular weight is 392 g/mol. The quantitative estimate of drug-likeness (QED) is 0.781. The van der Waals surface area contributed by atoms with E-state index < -0.39 is 32.6 Å². The maximum atomic E-state index is 12.6. The van der Waals surface area contributed by atoms with E-state index in [4.69, 9.17) is 0 Å². The number of carbonyl (C=O) groups excluding carboxylic acids is 2. The lowest BCUT2D eigenvalue weighted by Crippen LogP contribution is -2.50. The standard InChI is InChI=1S/C16H19F3N2O4S/c1-3-15(2)8-9-21(14(23)13(15)22)10-11-6-4-5-7-12(11)20-26(24,25)16(17,18)19/h4-7,20H,3,8-10H2,1-2H3. The Hall–Kier alpha value is -2.10. The molecule has 1 fully saturated rings. The molecule has 2 rings (SSSR count). The highest BCUT2D eigenvalue weighted by molar-refractivity contribution is 7.93. The molecule has 0 saturated carbocycles. The minimum absolute atomic E-state index is 0.166. The minimum atomic E-state index is -5.58. The van der Waals surface area contributed by atoms with Crippen LogP contribution in [0.25, 0.3) is 0 Å². The second-order valence-electron chi connectivity index (χ2n) is 6.43. The van der Waals surface area contributed by atoms with Crippen molar-refractivity contribution in [3.05, 3.63) is 29.8 Å². The number of ketones is 1. The van der Waals surface area contributed by atoms with Gasteiger partial charge in [0.15, 0.2) is 0 Å². The van der Waals surface area contributed by atoms with E-state index in [0.717, 1.165) is 0 Å². The Morgan fingerprint density at radius 3 is 2.42 bits per heavy atom. The number of nitrogens with one attached hydrogen (secondary N) is 1. The predicted molar refractivity (Wildman–Crippen MR) is 88.5 cm³/mol. The number of Topliss-reactive ketones (excluding diaryl/α,β-unsaturated/α-hetero) is 1. The molecule has 0 bridgehead atoms. The van der Waals surface area contributed by atoms with Crippen molar-refractivity contribution in [3.63, 3.8) is 0 Å². The number of alkyl halides is 3. The lowest BCUT2D eigenvalue weighted by atomic mass is 9.76. The molecule has 1 atom stereocenters. The maximum absolute atomic E-state index is 12.6. The van der Waals surface area contributed by atoms with Crippen LogP contribution < -0.4 is 4.72 Å². The van der Waals surface area contributed by atoms with Crippen molar-refractivity contribution in [3.8, 4) is 0 Å². The predicted octanol–water partition coefficient (Wildman–Crippen LogP) is 2.67. The summed E-state index contributed by atoms with van der Waals surface area (Å²) in [6, 6.07) is 5.45. The fourth-order valence-electron chi connectivity index (χ4n) is 2.65. The van der Waals surface area contributed by atoms with Crippen LogP contribution in [0.4, 0.5) is 18.9 Å². The van der Waals surface area contributed by atoms with E-state index >= 15 is 0 Å². The van der Waals surface area contributed by atoms with E-state index in [1.165, 1.54) is 33.9 Å². The van der Waals surface area contributed by atoms with Crippen molar-refractivity contribution in [2.24, 2.45) is 5.41 Å². The van der Waals surface area contributed by atoms with E-state index in [2.05, 4.69) is 0 Å². The number of piperidine rings is 1. The zero-order chi connectivity index (χ0) is 19.8. The van der Waals surface area contributed by atoms with Gasteiger partial charge in [-0.2, -0.15) is 21.6 Å². The van der Waals surface area contributed by atoms with Gasteiger partial charge < -0.3 is 4.90 Å². The Labute approximate surface area is 149 Å². The third-order valence-corrected chi connectivity index (χ3v) is 5.77. The normalized spacial score (nSPS) is 21.8. The molecular formula is C16H19F3N2O4S. The number of halogens is 3. The number of sulfonamides is 1. The molecule has 1 saturated heterocycles. The molecule has 0 spiro atoms. The summed E-state index contributed by atoms with van der Waals surface area (Å²) in [7, 11) is -5.58. The maximum Gasteiger partial charge on any atom is 0.516 e. The highest BCUT2D eigenvalue weighted by atomic mass is 32.2. The van der Waals surface area contributed by atoms with Crippen LogP contribution in [0.5, 0.6) is 0 Å². The molecule has 1 N–H and O–H groups in total. The zero-order valence-electron chi connectivity index (χ0n) is 14.3. The van der Waals surface area contributed by atoms with Crippen LogP contribution in [0.3, 0.4) is 0 Å². The van der Waals surface area contributed by atoms with Gasteiger partial charge >= 0.3 is 15.5 Å². The Kier molecular flexibility index (Phi) is 5.36. The van der Waals surface area contributed by atoms with Crippen molar-refractivity contribution < 1.29 is 31.2 Å². The summed E-state index contributed by atoms with van der Waals surface area (Å²) in [6.07, 6.45) is 0.942. The summed E-state index contributed by atoms with van der Waals surface area (Å²) in [4.78, 5) is 25.8. The van der Waals surface area contributed by atoms with Gasteiger partial charge in [-0.05, 0) is 24.5 Å². The highest BCUT2D eigenvalue weighted by Crippen LogP contribution is 2.33. The van der Waals surface area contributed by atoms with Crippen molar-refractivity contribution in [1.82, 2.24) is 4.90 Å². The van der Waals surface area contributed by atoms with Gasteiger partial charge in [0.25, 0.3) is 5.91 Å². The number of amides is 1. The number of rotatable bonds is 5. The van der Waals surface area contributed by atoms with Gasteiger partial charge in [-0.25, -0.2) is 0 Å². The molecule has 1 aliphatic rings. The summed E-state index contributed by atoms with van der Waals surface area (Å²) in [5, 5.41) is 0. The molecule has 0 aromatic heterocycles. The number of likely N-dealkylation sites (tertiary alicyclic amines) is 1. The van der Waals surface area contributed by atoms with Gasteiger partial charge in [-0.3, -0.25) is 14.3 Å². The van der Waals surface area contributed by atoms with E-state index in [-0.39, 0.29) is 24.3 Å². The Morgan fingerprint density at radius 2 is 1.85 bits per heavy atom. The van der Waals surface area contributed by atoms with Gasteiger partial charge in [-0.1, -0.05) is 32.0 Å². The largest absolute Gasteiger partial charge is 0.516 e. The van der Waals surface area contributed by atoms with Crippen LogP contribution in [0.1, 0.15) is 32.3 Å². The molecule has 0 aliphatic carbocycles. The zero-order valence-corrected chi connectivity index (χ0v) is 15.1. The van der Waals surface area contributed by atoms with Crippen molar-refractivity contribution in [1.29, 1.82) is 0 Å². The van der Waals surface area contributed by atoms with Crippen LogP contribution in [-0.4, -0.2) is 37.1 Å². The Balaban J connectivity index is 2.25. The van der Waals surface area contributed by atoms with E-state index in [1.54, 1.807) is 6.92 Å². The molecule has 1 aromatic rings. The lowest BCUT2D eigenvalue weighted by molar-refractivity contribution is -0.154. The van der Waals surface area contributed by atoms with Crippen LogP contribution in [0, 0.1) is 5.41 Å². The van der Waals surface area contributed by atoms with Gasteiger partial charge in [0.05, 0.1) is 5.69 Å². The van der Waals surface area contributed by atoms with Gasteiger partial charge in [-0.15, -0.1) is 0 Å². The second kappa shape index (κ2) is 6.90. The molecule has 144 valence electrons. The fraction of sp³-hybridized carbons (Fsp3) is 0.500. The topological polar surface area (TPSA) is 83.6 Å². The molecule has 6 nitrogen and oxygen atoms in total. The van der Waals surface area contributed by atoms with E-state index in [1.807, 2.05) is 6.92 Å². The third-order valence-electron chi connectivity index (χ3n) is 4.67. The van der Waals surface area contributed by atoms with Crippen LogP contribution >= 0.6 is 0 Å². The molecule has 1 aliphatic heterocycles. The number of anilines is 1. The molecule has 26 heavy (non-hydrogen) atoms. The van der Waals surface area contributed by atoms with Crippen molar-refractivity contribution >= 4 is 27.4 Å². The smallest absolute Gasteiger partial charge is 0.332 e. The summed E-state index contributed by atoms with van der Waals surface area (Å²) in [5.41, 5.74) is -6.32. The monoisotopic (exact) mass is 392 g/mol. The summed E-state index contributed by atoms with van der Waals surface area (Å²) < 4.78 is 61.9.